The predicted octanol–water partition coefficient (Wildman–Crippen LogP) is 5.29. The molecule has 51 heavy (non-hydrogen) atoms. The number of amides is 1. The Morgan fingerprint density at radius 2 is 1.69 bits per heavy atom. The Balaban J connectivity index is 0.000000755. The number of carbonyl (C=O) groups is 3. The van der Waals surface area contributed by atoms with Crippen LogP contribution in [0, 0.1) is 11.7 Å². The molecule has 17 heteroatoms. The van der Waals surface area contributed by atoms with Crippen molar-refractivity contribution < 1.29 is 55.3 Å². The predicted molar refractivity (Wildman–Crippen MR) is 177 cm³/mol. The van der Waals surface area contributed by atoms with Gasteiger partial charge >= 0.3 is 18.1 Å². The number of hydrogen-bond donors (Lipinski definition) is 3. The summed E-state index contributed by atoms with van der Waals surface area (Å²) >= 11 is 0. The number of nitrogens with zero attached hydrogens (tertiary/aromatic N) is 3. The van der Waals surface area contributed by atoms with Crippen LogP contribution in [-0.2, 0) is 24.2 Å². The largest absolute Gasteiger partial charge is 0.494 e. The number of aliphatic carboxylic acids is 2. The van der Waals surface area contributed by atoms with Crippen LogP contribution in [0.1, 0.15) is 43.5 Å². The molecular weight excluding hydrogens is 700 g/mol. The van der Waals surface area contributed by atoms with Crippen molar-refractivity contribution in [1.82, 2.24) is 9.88 Å². The maximum Gasteiger partial charge on any atom is 0.490 e. The van der Waals surface area contributed by atoms with E-state index in [1.54, 1.807) is 68.7 Å². The summed E-state index contributed by atoms with van der Waals surface area (Å²) in [4.78, 5) is 41.5. The number of carboxylic acids is 2. The molecule has 2 heterocycles. The number of benzene rings is 3. The molecule has 1 aromatic heterocycles. The lowest BCUT2D eigenvalue weighted by Gasteiger charge is -2.36. The molecular formula is C34H34F4N4O8S. The van der Waals surface area contributed by atoms with Crippen molar-refractivity contribution in [3.8, 4) is 5.75 Å². The van der Waals surface area contributed by atoms with E-state index in [0.717, 1.165) is 10.8 Å². The number of methoxy groups -OCH3 is 1. The van der Waals surface area contributed by atoms with Crippen LogP contribution in [0.25, 0.3) is 10.8 Å². The summed E-state index contributed by atoms with van der Waals surface area (Å²) < 4.78 is 78.2. The van der Waals surface area contributed by atoms with E-state index in [1.807, 2.05) is 0 Å². The smallest absolute Gasteiger partial charge is 0.490 e. The molecule has 3 aromatic carbocycles. The van der Waals surface area contributed by atoms with Gasteiger partial charge in [0.25, 0.3) is 5.91 Å². The molecule has 1 saturated heterocycles. The summed E-state index contributed by atoms with van der Waals surface area (Å²) in [7, 11) is -2.54. The average molecular weight is 735 g/mol. The van der Waals surface area contributed by atoms with E-state index in [1.165, 1.54) is 41.3 Å². The molecule has 4 N–H and O–H groups in total. The average Bonchev–Trinajstić information content (AvgIpc) is 3.54. The van der Waals surface area contributed by atoms with Gasteiger partial charge in [0.05, 0.1) is 34.9 Å². The molecule has 0 saturated carbocycles. The van der Waals surface area contributed by atoms with Gasteiger partial charge in [0.2, 0.25) is 0 Å². The minimum atomic E-state index is -5.08. The first-order valence-electron chi connectivity index (χ1n) is 15.3. The van der Waals surface area contributed by atoms with Crippen LogP contribution in [0.3, 0.4) is 0 Å². The third-order valence-corrected chi connectivity index (χ3v) is 10.6. The van der Waals surface area contributed by atoms with E-state index >= 15 is 0 Å². The van der Waals surface area contributed by atoms with Crippen LogP contribution < -0.4 is 15.6 Å². The first-order chi connectivity index (χ1) is 23.9. The van der Waals surface area contributed by atoms with E-state index in [2.05, 4.69) is 4.98 Å². The second-order valence-electron chi connectivity index (χ2n) is 11.8. The standard InChI is InChI=1S/C32H33FN4O6S.C2HF3O2/c1-19(2)44(41,42)28-7-5-4-6-24(28)30-25(32(39)40)13-15-36(30)31(38)29(21-9-11-26(33)27(17-21)43-3)37(34)23-10-8-22-18-35-14-12-20(22)16-23;3-2(4,5)1(6)7/h4-12,14,16-19,25,29-30H,13,15,34H2,1-3H3,(H,39,40);(H,6,7)/t25-,29-,30-;/m1./s1. The number of alkyl halides is 3. The Morgan fingerprint density at radius 1 is 1.02 bits per heavy atom. The van der Waals surface area contributed by atoms with Gasteiger partial charge in [-0.1, -0.05) is 30.3 Å². The second kappa shape index (κ2) is 15.3. The number of carbonyl (C=O) groups excluding carboxylic acids is 1. The molecule has 3 atom stereocenters. The molecule has 12 nitrogen and oxygen atoms in total. The van der Waals surface area contributed by atoms with Gasteiger partial charge in [0.1, 0.15) is 6.04 Å². The van der Waals surface area contributed by atoms with Crippen LogP contribution in [0.2, 0.25) is 0 Å². The number of fused-ring (bicyclic) bond motifs is 1. The fourth-order valence-electron chi connectivity index (χ4n) is 5.73. The van der Waals surface area contributed by atoms with E-state index < -0.39 is 62.9 Å². The normalized spacial score (nSPS) is 16.7. The molecule has 0 spiro atoms. The zero-order chi connectivity index (χ0) is 37.8. The lowest BCUT2D eigenvalue weighted by molar-refractivity contribution is -0.192. The number of anilines is 1. The molecule has 1 fully saturated rings. The number of likely N-dealkylation sites (tertiary alicyclic amines) is 1. The van der Waals surface area contributed by atoms with Crippen molar-refractivity contribution in [3.63, 3.8) is 0 Å². The van der Waals surface area contributed by atoms with Crippen molar-refractivity contribution in [2.75, 3.05) is 18.7 Å². The van der Waals surface area contributed by atoms with Crippen molar-refractivity contribution in [2.24, 2.45) is 11.8 Å². The zero-order valence-corrected chi connectivity index (χ0v) is 28.2. The highest BCUT2D eigenvalue weighted by Gasteiger charge is 2.47. The fraction of sp³-hybridized carbons (Fsp3) is 0.294. The molecule has 1 aliphatic rings. The van der Waals surface area contributed by atoms with Crippen LogP contribution in [0.5, 0.6) is 5.75 Å². The van der Waals surface area contributed by atoms with Crippen LogP contribution in [0.4, 0.5) is 23.2 Å². The highest BCUT2D eigenvalue weighted by molar-refractivity contribution is 7.92. The summed E-state index contributed by atoms with van der Waals surface area (Å²) in [6, 6.07) is 14.9. The number of aromatic nitrogens is 1. The first-order valence-corrected chi connectivity index (χ1v) is 16.8. The quantitative estimate of drug-likeness (QED) is 0.116. The zero-order valence-electron chi connectivity index (χ0n) is 27.4. The summed E-state index contributed by atoms with van der Waals surface area (Å²) in [5, 5.41) is 19.5. The highest BCUT2D eigenvalue weighted by atomic mass is 32.2. The fourth-order valence-corrected chi connectivity index (χ4v) is 7.02. The summed E-state index contributed by atoms with van der Waals surface area (Å²) in [6.45, 7) is 3.12. The summed E-state index contributed by atoms with van der Waals surface area (Å²) in [5.41, 5.74) is 0.974. The van der Waals surface area contributed by atoms with Gasteiger partial charge in [0.15, 0.2) is 21.4 Å². The molecule has 272 valence electrons. The number of rotatable bonds is 9. The van der Waals surface area contributed by atoms with Gasteiger partial charge in [-0.3, -0.25) is 19.6 Å². The SMILES string of the molecule is COc1cc([C@H](C(=O)N2CC[C@@H](C(=O)O)[C@H]2c2ccccc2S(=O)(=O)C(C)C)N(N)c2ccc3cnccc3c2)ccc1F.O=C(O)C(F)(F)F. The topological polar surface area (TPSA) is 180 Å². The van der Waals surface area contributed by atoms with Crippen molar-refractivity contribution in [3.05, 3.63) is 96.1 Å². The number of hydrazine groups is 1. The van der Waals surface area contributed by atoms with E-state index in [0.29, 0.717) is 11.3 Å². The van der Waals surface area contributed by atoms with Crippen LogP contribution in [-0.4, -0.2) is 71.4 Å². The first kappa shape index (κ1) is 38.5. The number of carboxylic acid groups (broad SMARTS) is 2. The maximum atomic E-state index is 14.7. The van der Waals surface area contributed by atoms with Gasteiger partial charge in [-0.05, 0) is 73.2 Å². The summed E-state index contributed by atoms with van der Waals surface area (Å²) in [6.07, 6.45) is -1.67. The number of pyridine rings is 1. The highest BCUT2D eigenvalue weighted by Crippen LogP contribution is 2.43. The molecule has 1 amide bonds. The summed E-state index contributed by atoms with van der Waals surface area (Å²) in [5.74, 6) is 0.386. The number of ether oxygens (including phenoxy) is 1. The Bertz CT molecular complexity index is 2040. The van der Waals surface area contributed by atoms with Crippen molar-refractivity contribution >= 4 is 44.1 Å². The third-order valence-electron chi connectivity index (χ3n) is 8.33. The Labute approximate surface area is 289 Å². The Hall–Kier alpha value is -5.29. The van der Waals surface area contributed by atoms with E-state index in [4.69, 9.17) is 20.5 Å². The van der Waals surface area contributed by atoms with Gasteiger partial charge in [-0.15, -0.1) is 0 Å². The van der Waals surface area contributed by atoms with Gasteiger partial charge in [-0.2, -0.15) is 13.2 Å². The number of sulfone groups is 1. The lowest BCUT2D eigenvalue weighted by atomic mass is 9.93. The number of halogens is 4. The molecule has 0 unspecified atom stereocenters. The molecule has 0 bridgehead atoms. The molecule has 0 radical (unpaired) electrons. The van der Waals surface area contributed by atoms with Crippen molar-refractivity contribution in [1.29, 1.82) is 0 Å². The Kier molecular flexibility index (Phi) is 11.6. The Morgan fingerprint density at radius 3 is 2.29 bits per heavy atom. The second-order valence-corrected chi connectivity index (χ2v) is 14.2. The van der Waals surface area contributed by atoms with Gasteiger partial charge < -0.3 is 19.8 Å². The minimum absolute atomic E-state index is 0.0290. The maximum absolute atomic E-state index is 14.7. The lowest BCUT2D eigenvalue weighted by Crippen LogP contribution is -2.47. The molecule has 4 aromatic rings. The monoisotopic (exact) mass is 734 g/mol. The third kappa shape index (κ3) is 8.20. The molecule has 1 aliphatic heterocycles. The van der Waals surface area contributed by atoms with Crippen LogP contribution >= 0.6 is 0 Å². The van der Waals surface area contributed by atoms with Crippen LogP contribution in [0.15, 0.2) is 84.0 Å². The molecule has 5 rings (SSSR count). The van der Waals surface area contributed by atoms with E-state index in [9.17, 15) is 40.7 Å². The minimum Gasteiger partial charge on any atom is -0.494 e. The number of hydrogen-bond acceptors (Lipinski definition) is 9. The van der Waals surface area contributed by atoms with Gasteiger partial charge in [-0.25, -0.2) is 23.4 Å². The molecule has 0 aliphatic carbocycles. The van der Waals surface area contributed by atoms with Crippen molar-refractivity contribution in [2.45, 2.75) is 48.7 Å². The van der Waals surface area contributed by atoms with Gasteiger partial charge in [0, 0.05) is 24.3 Å². The number of nitrogens with two attached hydrogens (primary N) is 1. The van der Waals surface area contributed by atoms with E-state index in [-0.39, 0.29) is 29.2 Å².